The molecule has 0 nitrogen and oxygen atoms in total. The van der Waals surface area contributed by atoms with Gasteiger partial charge in [0.2, 0.25) is 0 Å². The van der Waals surface area contributed by atoms with E-state index in [0.717, 1.165) is 0 Å². The van der Waals surface area contributed by atoms with E-state index in [1.165, 1.54) is 59.7 Å². The summed E-state index contributed by atoms with van der Waals surface area (Å²) in [6.45, 7) is 20.4. The Morgan fingerprint density at radius 2 is 0.816 bits per heavy atom. The van der Waals surface area contributed by atoms with Crippen LogP contribution >= 0.6 is 0 Å². The fraction of sp³-hybridized carbons (Fsp3) is 0.303. The van der Waals surface area contributed by atoms with Gasteiger partial charge >= 0.3 is 21.7 Å². The van der Waals surface area contributed by atoms with Crippen LogP contribution < -0.4 is 58.0 Å². The standard InChI is InChI=1S/C33H39Si.3ClH.Ti/c1-22-12-23(2)16-30(15-22)34(31-17-24(3)13-25(4)18-31,32-19-26(5)14-27(6)20-32)29-11-10-28(21-29)33(7,8)9;;;;/h10-21H,1-9H3;3*1H;/q-1;;;;+4/p-3. The number of halogens is 3. The Balaban J connectivity index is 0.00000342. The van der Waals surface area contributed by atoms with Gasteiger partial charge in [-0.2, -0.15) is 17.7 Å². The van der Waals surface area contributed by atoms with Gasteiger partial charge in [-0.1, -0.05) is 130 Å². The molecule has 0 amide bonds. The summed E-state index contributed by atoms with van der Waals surface area (Å²) in [7, 11) is -2.55. The topological polar surface area (TPSA) is 0 Å². The number of rotatable bonds is 4. The Morgan fingerprint density at radius 3 is 1.05 bits per heavy atom. The van der Waals surface area contributed by atoms with Crippen molar-refractivity contribution in [1.29, 1.82) is 0 Å². The minimum atomic E-state index is -2.55. The molecule has 0 aliphatic carbocycles. The average molecular weight is 618 g/mol. The predicted molar refractivity (Wildman–Crippen MR) is 153 cm³/mol. The molecule has 0 spiro atoms. The molecule has 0 fully saturated rings. The molecule has 0 aliphatic rings. The van der Waals surface area contributed by atoms with E-state index in [0.29, 0.717) is 0 Å². The first-order valence-electron chi connectivity index (χ1n) is 12.4. The maximum absolute atomic E-state index is 2.55. The van der Waals surface area contributed by atoms with Gasteiger partial charge in [0.1, 0.15) is 8.07 Å². The monoisotopic (exact) mass is 616 g/mol. The second-order valence-electron chi connectivity index (χ2n) is 11.5. The zero-order valence-electron chi connectivity index (χ0n) is 24.1. The van der Waals surface area contributed by atoms with E-state index in [9.17, 15) is 0 Å². The van der Waals surface area contributed by atoms with Gasteiger partial charge in [0, 0.05) is 0 Å². The van der Waals surface area contributed by atoms with E-state index in [4.69, 9.17) is 0 Å². The van der Waals surface area contributed by atoms with E-state index < -0.39 is 8.07 Å². The molecule has 200 valence electrons. The van der Waals surface area contributed by atoms with Crippen molar-refractivity contribution < 1.29 is 58.9 Å². The van der Waals surface area contributed by atoms with Gasteiger partial charge in [0.15, 0.2) is 0 Å². The fourth-order valence-electron chi connectivity index (χ4n) is 5.72. The van der Waals surface area contributed by atoms with E-state index in [1.54, 1.807) is 0 Å². The van der Waals surface area contributed by atoms with Crippen LogP contribution in [0.4, 0.5) is 0 Å². The van der Waals surface area contributed by atoms with Crippen LogP contribution in [0.1, 0.15) is 59.7 Å². The summed E-state index contributed by atoms with van der Waals surface area (Å²) < 4.78 is 0. The van der Waals surface area contributed by atoms with Crippen molar-refractivity contribution in [3.8, 4) is 0 Å². The molecule has 0 saturated carbocycles. The maximum Gasteiger partial charge on any atom is 4.00 e. The van der Waals surface area contributed by atoms with Crippen LogP contribution in [0.3, 0.4) is 0 Å². The Bertz CT molecular complexity index is 1180. The molecule has 0 N–H and O–H groups in total. The number of aryl methyl sites for hydroxylation is 6. The molecule has 0 bridgehead atoms. The first-order chi connectivity index (χ1) is 15.9. The van der Waals surface area contributed by atoms with Crippen LogP contribution in [0, 0.1) is 41.5 Å². The van der Waals surface area contributed by atoms with Crippen molar-refractivity contribution in [2.75, 3.05) is 0 Å². The molecule has 38 heavy (non-hydrogen) atoms. The predicted octanol–water partition coefficient (Wildman–Crippen LogP) is -3.06. The molecule has 0 unspecified atom stereocenters. The van der Waals surface area contributed by atoms with Crippen molar-refractivity contribution in [2.24, 2.45) is 0 Å². The maximum atomic E-state index is 2.51. The van der Waals surface area contributed by atoms with Gasteiger partial charge in [-0.15, -0.1) is 5.19 Å². The van der Waals surface area contributed by atoms with Crippen LogP contribution in [0.15, 0.2) is 72.8 Å². The first kappa shape index (κ1) is 36.8. The molecule has 0 aromatic heterocycles. The van der Waals surface area contributed by atoms with Gasteiger partial charge in [-0.25, -0.2) is 6.07 Å². The van der Waals surface area contributed by atoms with Crippen LogP contribution in [-0.2, 0) is 27.1 Å². The summed E-state index contributed by atoms with van der Waals surface area (Å²) in [6, 6.07) is 29.0. The van der Waals surface area contributed by atoms with Crippen molar-refractivity contribution in [1.82, 2.24) is 0 Å². The zero-order chi connectivity index (χ0) is 24.8. The van der Waals surface area contributed by atoms with Gasteiger partial charge in [-0.05, 0) is 41.5 Å². The molecule has 4 aromatic carbocycles. The minimum absolute atomic E-state index is 0. The number of hydrogen-bond acceptors (Lipinski definition) is 0. The second-order valence-corrected chi connectivity index (χ2v) is 15.3. The average Bonchev–Trinajstić information content (AvgIpc) is 3.17. The van der Waals surface area contributed by atoms with Crippen LogP contribution in [0.25, 0.3) is 0 Å². The summed E-state index contributed by atoms with van der Waals surface area (Å²) in [5.74, 6) is 0. The van der Waals surface area contributed by atoms with E-state index in [-0.39, 0.29) is 64.4 Å². The molecule has 0 radical (unpaired) electrons. The van der Waals surface area contributed by atoms with Crippen molar-refractivity contribution in [3.63, 3.8) is 0 Å². The summed E-state index contributed by atoms with van der Waals surface area (Å²) in [5, 5.41) is 5.92. The molecule has 0 atom stereocenters. The Morgan fingerprint density at radius 1 is 0.526 bits per heavy atom. The summed E-state index contributed by atoms with van der Waals surface area (Å²) in [4.78, 5) is 0. The van der Waals surface area contributed by atoms with Crippen LogP contribution in [-0.4, -0.2) is 8.07 Å². The van der Waals surface area contributed by atoms with Crippen LogP contribution in [0.5, 0.6) is 0 Å². The molecule has 0 heterocycles. The smallest absolute Gasteiger partial charge is 1.00 e. The van der Waals surface area contributed by atoms with E-state index in [1.807, 2.05) is 0 Å². The first-order valence-corrected chi connectivity index (χ1v) is 14.4. The molecule has 4 aromatic rings. The molecular weight excluding hydrogens is 579 g/mol. The largest absolute Gasteiger partial charge is 4.00 e. The van der Waals surface area contributed by atoms with Gasteiger partial charge in [0.05, 0.1) is 0 Å². The van der Waals surface area contributed by atoms with Gasteiger partial charge < -0.3 is 37.2 Å². The van der Waals surface area contributed by atoms with Crippen molar-refractivity contribution in [3.05, 3.63) is 112 Å². The molecule has 5 heteroatoms. The summed E-state index contributed by atoms with van der Waals surface area (Å²) >= 11 is 0. The van der Waals surface area contributed by atoms with Gasteiger partial charge in [0.25, 0.3) is 0 Å². The Kier molecular flexibility index (Phi) is 13.5. The molecule has 4 rings (SSSR count). The second kappa shape index (κ2) is 13.9. The zero-order valence-corrected chi connectivity index (χ0v) is 28.9. The third-order valence-corrected chi connectivity index (χ3v) is 11.7. The Labute approximate surface area is 265 Å². The normalized spacial score (nSPS) is 11.0. The summed E-state index contributed by atoms with van der Waals surface area (Å²) in [5.41, 5.74) is 9.55. The Hall–Kier alpha value is -1.19. The fourth-order valence-corrected chi connectivity index (χ4v) is 11.1. The third kappa shape index (κ3) is 7.30. The molecule has 0 aliphatic heterocycles. The third-order valence-electron chi connectivity index (χ3n) is 7.02. The van der Waals surface area contributed by atoms with E-state index in [2.05, 4.69) is 135 Å². The molecule has 0 saturated heterocycles. The SMILES string of the molecule is Cc1cc(C)cc([Si](c2cc(C)cc(C)c2)(c2cc(C)cc(C)c2)[c-]2ccc(C(C)(C)C)c2)c1.[Cl-].[Cl-].[Cl-].[Ti+4]. The summed E-state index contributed by atoms with van der Waals surface area (Å²) in [6.07, 6.45) is 0. The number of benzene rings is 3. The minimum Gasteiger partial charge on any atom is -1.00 e. The van der Waals surface area contributed by atoms with Crippen molar-refractivity contribution >= 4 is 28.8 Å². The quantitative estimate of drug-likeness (QED) is 0.130. The van der Waals surface area contributed by atoms with Crippen LogP contribution in [0.2, 0.25) is 0 Å². The van der Waals surface area contributed by atoms with E-state index >= 15 is 0 Å². The van der Waals surface area contributed by atoms with Gasteiger partial charge in [-0.3, -0.25) is 0 Å². The van der Waals surface area contributed by atoms with Crippen molar-refractivity contribution in [2.45, 2.75) is 67.7 Å². The number of hydrogen-bond donors (Lipinski definition) is 0. The molecular formula is C33H39Cl3SiTi.